The Morgan fingerprint density at radius 2 is 2.04 bits per heavy atom. The number of nitrogens with one attached hydrogen (secondary N) is 1. The summed E-state index contributed by atoms with van der Waals surface area (Å²) in [5, 5.41) is 3.30. The molecule has 0 bridgehead atoms. The van der Waals surface area contributed by atoms with E-state index in [9.17, 15) is 4.79 Å². The van der Waals surface area contributed by atoms with E-state index < -0.39 is 0 Å². The number of nitrogens with zero attached hydrogens (tertiary/aromatic N) is 1. The van der Waals surface area contributed by atoms with Gasteiger partial charge in [-0.25, -0.2) is 0 Å². The number of rotatable bonds is 4. The summed E-state index contributed by atoms with van der Waals surface area (Å²) < 4.78 is 5.89. The predicted molar refractivity (Wildman–Crippen MR) is 96.2 cm³/mol. The lowest BCUT2D eigenvalue weighted by Crippen LogP contribution is -2.44. The van der Waals surface area contributed by atoms with E-state index in [1.807, 2.05) is 0 Å². The Labute approximate surface area is 145 Å². The molecule has 2 aliphatic heterocycles. The molecule has 24 heavy (non-hydrogen) atoms. The highest BCUT2D eigenvalue weighted by atomic mass is 16.5. The Morgan fingerprint density at radius 1 is 1.29 bits per heavy atom. The van der Waals surface area contributed by atoms with E-state index in [-0.39, 0.29) is 17.9 Å². The van der Waals surface area contributed by atoms with Crippen molar-refractivity contribution in [3.05, 3.63) is 29.3 Å². The van der Waals surface area contributed by atoms with Crippen molar-refractivity contribution >= 4 is 5.91 Å². The van der Waals surface area contributed by atoms with Crippen molar-refractivity contribution < 1.29 is 9.53 Å². The number of benzene rings is 1. The van der Waals surface area contributed by atoms with Crippen LogP contribution in [-0.4, -0.2) is 36.5 Å². The van der Waals surface area contributed by atoms with Crippen molar-refractivity contribution in [1.29, 1.82) is 0 Å². The third-order valence-corrected chi connectivity index (χ3v) is 5.48. The standard InChI is InChI=1S/C20H30N2O2/c1-4-15-6-5-7-17-18(10-13-24-19(15)17)21-20(23)16-8-11-22(12-9-16)14(2)3/h5-7,14,16,18H,4,8-13H2,1-3H3,(H,21,23). The van der Waals surface area contributed by atoms with Crippen LogP contribution in [-0.2, 0) is 11.2 Å². The van der Waals surface area contributed by atoms with Crippen LogP contribution in [0.25, 0.3) is 0 Å². The minimum Gasteiger partial charge on any atom is -0.493 e. The maximum atomic E-state index is 12.7. The summed E-state index contributed by atoms with van der Waals surface area (Å²) in [4.78, 5) is 15.2. The fourth-order valence-electron chi connectivity index (χ4n) is 3.89. The Bertz CT molecular complexity index is 577. The van der Waals surface area contributed by atoms with Gasteiger partial charge >= 0.3 is 0 Å². The largest absolute Gasteiger partial charge is 0.493 e. The normalized spacial score (nSPS) is 22.1. The first-order chi connectivity index (χ1) is 11.6. The van der Waals surface area contributed by atoms with Gasteiger partial charge in [-0.15, -0.1) is 0 Å². The maximum Gasteiger partial charge on any atom is 0.223 e. The molecule has 0 spiro atoms. The number of fused-ring (bicyclic) bond motifs is 1. The number of para-hydroxylation sites is 1. The second kappa shape index (κ2) is 7.56. The van der Waals surface area contributed by atoms with Gasteiger partial charge < -0.3 is 15.0 Å². The summed E-state index contributed by atoms with van der Waals surface area (Å²) in [5.74, 6) is 1.37. The molecule has 1 saturated heterocycles. The van der Waals surface area contributed by atoms with Gasteiger partial charge in [0.2, 0.25) is 5.91 Å². The first kappa shape index (κ1) is 17.3. The Balaban J connectivity index is 1.64. The summed E-state index contributed by atoms with van der Waals surface area (Å²) >= 11 is 0. The average Bonchev–Trinajstić information content (AvgIpc) is 2.61. The number of hydrogen-bond acceptors (Lipinski definition) is 3. The van der Waals surface area contributed by atoms with Gasteiger partial charge in [-0.3, -0.25) is 4.79 Å². The number of carbonyl (C=O) groups excluding carboxylic acids is 1. The van der Waals surface area contributed by atoms with Gasteiger partial charge in [0, 0.05) is 23.9 Å². The molecule has 0 aromatic heterocycles. The highest BCUT2D eigenvalue weighted by Crippen LogP contribution is 2.35. The zero-order valence-electron chi connectivity index (χ0n) is 15.2. The monoisotopic (exact) mass is 330 g/mol. The smallest absolute Gasteiger partial charge is 0.223 e. The summed E-state index contributed by atoms with van der Waals surface area (Å²) in [6, 6.07) is 6.96. The number of carbonyl (C=O) groups is 1. The molecule has 4 nitrogen and oxygen atoms in total. The first-order valence-electron chi connectivity index (χ1n) is 9.39. The number of piperidine rings is 1. The lowest BCUT2D eigenvalue weighted by atomic mass is 9.92. The fourth-order valence-corrected chi connectivity index (χ4v) is 3.89. The quantitative estimate of drug-likeness (QED) is 0.921. The molecule has 1 aromatic rings. The van der Waals surface area contributed by atoms with E-state index >= 15 is 0 Å². The van der Waals surface area contributed by atoms with Gasteiger partial charge in [0.1, 0.15) is 5.75 Å². The number of ether oxygens (including phenoxy) is 1. The second-order valence-electron chi connectivity index (χ2n) is 7.29. The van der Waals surface area contributed by atoms with Gasteiger partial charge in [-0.05, 0) is 51.8 Å². The van der Waals surface area contributed by atoms with E-state index in [0.717, 1.165) is 50.1 Å². The molecular formula is C20H30N2O2. The first-order valence-corrected chi connectivity index (χ1v) is 9.39. The van der Waals surface area contributed by atoms with E-state index in [1.165, 1.54) is 5.56 Å². The van der Waals surface area contributed by atoms with E-state index in [1.54, 1.807) is 0 Å². The molecule has 1 aromatic carbocycles. The summed E-state index contributed by atoms with van der Waals surface area (Å²) in [6.45, 7) is 9.33. The molecule has 2 aliphatic rings. The minimum atomic E-state index is 0.0934. The molecule has 2 heterocycles. The van der Waals surface area contributed by atoms with Gasteiger partial charge in [-0.2, -0.15) is 0 Å². The third kappa shape index (κ3) is 3.59. The number of aryl methyl sites for hydroxylation is 1. The van der Waals surface area contributed by atoms with Crippen molar-refractivity contribution in [3.8, 4) is 5.75 Å². The number of likely N-dealkylation sites (tertiary alicyclic amines) is 1. The van der Waals surface area contributed by atoms with Crippen LogP contribution >= 0.6 is 0 Å². The van der Waals surface area contributed by atoms with Gasteiger partial charge in [0.05, 0.1) is 12.6 Å². The topological polar surface area (TPSA) is 41.6 Å². The molecule has 0 aliphatic carbocycles. The van der Waals surface area contributed by atoms with Crippen LogP contribution in [0.1, 0.15) is 57.2 Å². The van der Waals surface area contributed by atoms with Crippen molar-refractivity contribution in [3.63, 3.8) is 0 Å². The molecule has 0 radical (unpaired) electrons. The molecule has 1 atom stereocenters. The fraction of sp³-hybridized carbons (Fsp3) is 0.650. The number of hydrogen-bond donors (Lipinski definition) is 1. The van der Waals surface area contributed by atoms with Crippen LogP contribution in [0.2, 0.25) is 0 Å². The van der Waals surface area contributed by atoms with Crippen LogP contribution in [0.15, 0.2) is 18.2 Å². The van der Waals surface area contributed by atoms with Crippen LogP contribution in [0, 0.1) is 5.92 Å². The molecular weight excluding hydrogens is 300 g/mol. The SMILES string of the molecule is CCc1cccc2c1OCCC2NC(=O)C1CCN(C(C)C)CC1. The predicted octanol–water partition coefficient (Wildman–Crippen LogP) is 3.31. The lowest BCUT2D eigenvalue weighted by Gasteiger charge is -2.35. The molecule has 1 N–H and O–H groups in total. The Hall–Kier alpha value is -1.55. The van der Waals surface area contributed by atoms with E-state index in [0.29, 0.717) is 12.6 Å². The molecule has 1 fully saturated rings. The van der Waals surface area contributed by atoms with Gasteiger partial charge in [0.25, 0.3) is 0 Å². The highest BCUT2D eigenvalue weighted by molar-refractivity contribution is 5.79. The van der Waals surface area contributed by atoms with Crippen LogP contribution in [0.3, 0.4) is 0 Å². The molecule has 1 unspecified atom stereocenters. The summed E-state index contributed by atoms with van der Waals surface area (Å²) in [7, 11) is 0. The van der Waals surface area contributed by atoms with Crippen molar-refractivity contribution in [2.45, 2.75) is 58.5 Å². The average molecular weight is 330 g/mol. The van der Waals surface area contributed by atoms with E-state index in [4.69, 9.17) is 4.74 Å². The highest BCUT2D eigenvalue weighted by Gasteiger charge is 2.30. The molecule has 1 amide bonds. The molecule has 3 rings (SSSR count). The lowest BCUT2D eigenvalue weighted by molar-refractivity contribution is -0.127. The van der Waals surface area contributed by atoms with Crippen LogP contribution < -0.4 is 10.1 Å². The van der Waals surface area contributed by atoms with Crippen LogP contribution in [0.5, 0.6) is 5.75 Å². The van der Waals surface area contributed by atoms with Crippen LogP contribution in [0.4, 0.5) is 0 Å². The zero-order valence-corrected chi connectivity index (χ0v) is 15.2. The molecule has 0 saturated carbocycles. The van der Waals surface area contributed by atoms with Crippen molar-refractivity contribution in [1.82, 2.24) is 10.2 Å². The van der Waals surface area contributed by atoms with Crippen molar-refractivity contribution in [2.75, 3.05) is 19.7 Å². The second-order valence-corrected chi connectivity index (χ2v) is 7.29. The molecule has 4 heteroatoms. The van der Waals surface area contributed by atoms with Crippen molar-refractivity contribution in [2.24, 2.45) is 5.92 Å². The maximum absolute atomic E-state index is 12.7. The minimum absolute atomic E-state index is 0.0934. The van der Waals surface area contributed by atoms with Gasteiger partial charge in [-0.1, -0.05) is 25.1 Å². The third-order valence-electron chi connectivity index (χ3n) is 5.48. The Kier molecular flexibility index (Phi) is 5.44. The van der Waals surface area contributed by atoms with Gasteiger partial charge in [0.15, 0.2) is 0 Å². The molecule has 132 valence electrons. The van der Waals surface area contributed by atoms with E-state index in [2.05, 4.69) is 49.2 Å². The zero-order chi connectivity index (χ0) is 17.1. The Morgan fingerprint density at radius 3 is 2.71 bits per heavy atom. The summed E-state index contributed by atoms with van der Waals surface area (Å²) in [6.07, 6.45) is 3.75. The summed E-state index contributed by atoms with van der Waals surface area (Å²) in [5.41, 5.74) is 2.38. The number of amides is 1.